The molecule has 4 aromatic carbocycles. The van der Waals surface area contributed by atoms with E-state index in [1.807, 2.05) is 26.0 Å². The van der Waals surface area contributed by atoms with Gasteiger partial charge in [0.05, 0.1) is 26.5 Å². The minimum atomic E-state index is -0.991. The van der Waals surface area contributed by atoms with Crippen molar-refractivity contribution in [2.24, 2.45) is 0 Å². The van der Waals surface area contributed by atoms with Crippen molar-refractivity contribution in [3.8, 4) is 11.5 Å². The van der Waals surface area contributed by atoms with Crippen molar-refractivity contribution >= 4 is 98.8 Å². The first kappa shape index (κ1) is 39.2. The summed E-state index contributed by atoms with van der Waals surface area (Å²) in [5.74, 6) is -2.17. The molecule has 0 heterocycles. The second-order valence-electron chi connectivity index (χ2n) is 10.7. The number of halogens is 6. The Morgan fingerprint density at radius 3 is 1.50 bits per heavy atom. The van der Waals surface area contributed by atoms with E-state index in [4.69, 9.17) is 83.8 Å². The predicted molar refractivity (Wildman–Crippen MR) is 200 cm³/mol. The van der Waals surface area contributed by atoms with E-state index in [-0.39, 0.29) is 56.8 Å². The number of carbonyl (C=O) groups excluding carboxylic acids is 3. The number of ether oxygens (including phenoxy) is 3. The highest BCUT2D eigenvalue weighted by Gasteiger charge is 2.19. The lowest BCUT2D eigenvalue weighted by atomic mass is 10.1. The molecule has 0 saturated carbocycles. The normalized spacial score (nSPS) is 10.7. The molecular formula is C35H31Cl6N3O6. The van der Waals surface area contributed by atoms with E-state index >= 15 is 0 Å². The highest BCUT2D eigenvalue weighted by Crippen LogP contribution is 2.36. The summed E-state index contributed by atoms with van der Waals surface area (Å²) in [7, 11) is 0. The molecule has 0 aromatic heterocycles. The summed E-state index contributed by atoms with van der Waals surface area (Å²) < 4.78 is 16.5. The molecule has 0 aliphatic heterocycles. The highest BCUT2D eigenvalue weighted by atomic mass is 35.5. The van der Waals surface area contributed by atoms with E-state index in [1.54, 1.807) is 24.3 Å². The highest BCUT2D eigenvalue weighted by molar-refractivity contribution is 6.38. The fourth-order valence-electron chi connectivity index (χ4n) is 4.69. The van der Waals surface area contributed by atoms with Crippen LogP contribution in [-0.2, 0) is 34.0 Å². The van der Waals surface area contributed by atoms with E-state index < -0.39 is 24.4 Å². The van der Waals surface area contributed by atoms with Crippen LogP contribution in [0.4, 0.5) is 11.4 Å². The first-order valence-corrected chi connectivity index (χ1v) is 17.4. The van der Waals surface area contributed by atoms with Crippen molar-refractivity contribution in [3.63, 3.8) is 0 Å². The molecule has 0 bridgehead atoms. The molecule has 0 radical (unpaired) electrons. The molecule has 1 amide bonds. The van der Waals surface area contributed by atoms with Gasteiger partial charge in [-0.3, -0.25) is 9.59 Å². The van der Waals surface area contributed by atoms with Crippen LogP contribution in [0.5, 0.6) is 11.5 Å². The number of hydrogen-bond donors (Lipinski definition) is 3. The Hall–Kier alpha value is -3.57. The molecule has 0 saturated heterocycles. The van der Waals surface area contributed by atoms with E-state index in [0.29, 0.717) is 15.6 Å². The molecule has 3 N–H and O–H groups in total. The Labute approximate surface area is 319 Å². The lowest BCUT2D eigenvalue weighted by Gasteiger charge is -2.13. The first-order chi connectivity index (χ1) is 23.8. The molecule has 0 aliphatic carbocycles. The number of nitrogens with one attached hydrogen (secondary N) is 3. The Morgan fingerprint density at radius 2 is 1.04 bits per heavy atom. The summed E-state index contributed by atoms with van der Waals surface area (Å²) in [5, 5.41) is 10.3. The molecule has 0 atom stereocenters. The zero-order valence-corrected chi connectivity index (χ0v) is 31.3. The minimum Gasteiger partial charge on any atom is -0.486 e. The van der Waals surface area contributed by atoms with E-state index in [9.17, 15) is 14.4 Å². The molecule has 0 spiro atoms. The van der Waals surface area contributed by atoms with E-state index in [2.05, 4.69) is 16.0 Å². The average molecular weight is 802 g/mol. The van der Waals surface area contributed by atoms with Gasteiger partial charge in [0.1, 0.15) is 19.8 Å². The fraction of sp³-hybridized carbons (Fsp3) is 0.229. The molecular weight excluding hydrogens is 771 g/mol. The Kier molecular flexibility index (Phi) is 14.6. The summed E-state index contributed by atoms with van der Waals surface area (Å²) in [6, 6.07) is 16.5. The molecule has 0 fully saturated rings. The van der Waals surface area contributed by atoms with Crippen molar-refractivity contribution in [2.45, 2.75) is 33.5 Å². The minimum absolute atomic E-state index is 0.0590. The zero-order valence-electron chi connectivity index (χ0n) is 26.7. The number of carbonyl (C=O) groups is 3. The quantitative estimate of drug-likeness (QED) is 0.0805. The molecule has 9 nitrogen and oxygen atoms in total. The fourth-order valence-corrected chi connectivity index (χ4v) is 6.45. The van der Waals surface area contributed by atoms with Crippen molar-refractivity contribution in [2.75, 3.05) is 30.3 Å². The molecule has 4 aromatic rings. The van der Waals surface area contributed by atoms with Crippen LogP contribution in [0.25, 0.3) is 0 Å². The smallest absolute Gasteiger partial charge is 0.333 e. The second-order valence-corrected chi connectivity index (χ2v) is 13.2. The van der Waals surface area contributed by atoms with Gasteiger partial charge in [-0.05, 0) is 91.2 Å². The van der Waals surface area contributed by atoms with Crippen molar-refractivity contribution in [3.05, 3.63) is 113 Å². The standard InChI is InChI=1S/C35H31Cl6N3O6/c1-3-42-25-7-20(5-23(36)14-25)17-48-33-27(38)9-19(10-28(33)39)11-31(45)50-32(46)16-44-35(47)22-12-29(40)34(30(41)13-22)49-18-21-6-24(37)15-26(8-21)43-4-2/h5-10,12-15,42-43H,3-4,11,16-18H2,1-2H3,(H,44,47). The molecule has 15 heteroatoms. The topological polar surface area (TPSA) is 115 Å². The second kappa shape index (κ2) is 18.6. The van der Waals surface area contributed by atoms with Crippen molar-refractivity contribution < 1.29 is 28.6 Å². The van der Waals surface area contributed by atoms with Crippen LogP contribution < -0.4 is 25.4 Å². The van der Waals surface area contributed by atoms with Gasteiger partial charge in [-0.15, -0.1) is 0 Å². The molecule has 264 valence electrons. The van der Waals surface area contributed by atoms with Gasteiger partial charge >= 0.3 is 11.9 Å². The summed E-state index contributed by atoms with van der Waals surface area (Å²) in [4.78, 5) is 37.6. The summed E-state index contributed by atoms with van der Waals surface area (Å²) >= 11 is 37.9. The SMILES string of the molecule is CCNc1cc(Cl)cc(COc2c(Cl)cc(CC(=O)OC(=O)CNC(=O)c3cc(Cl)c(OCc4cc(Cl)cc(NCC)c4)c(Cl)c3)cc2Cl)c1. The van der Waals surface area contributed by atoms with Crippen LogP contribution in [0, 0.1) is 0 Å². The third-order valence-corrected chi connectivity index (χ3v) is 8.29. The van der Waals surface area contributed by atoms with Crippen LogP contribution in [0.2, 0.25) is 30.1 Å². The van der Waals surface area contributed by atoms with Crippen molar-refractivity contribution in [1.82, 2.24) is 5.32 Å². The third-order valence-electron chi connectivity index (χ3n) is 6.73. The Morgan fingerprint density at radius 1 is 0.580 bits per heavy atom. The number of hydrogen-bond acceptors (Lipinski definition) is 8. The van der Waals surface area contributed by atoms with Gasteiger partial charge in [-0.1, -0.05) is 69.6 Å². The molecule has 50 heavy (non-hydrogen) atoms. The maximum Gasteiger partial charge on any atom is 0.333 e. The summed E-state index contributed by atoms with van der Waals surface area (Å²) in [6.07, 6.45) is -0.321. The Balaban J connectivity index is 1.27. The molecule has 4 rings (SSSR count). The van der Waals surface area contributed by atoms with Crippen molar-refractivity contribution in [1.29, 1.82) is 0 Å². The molecule has 0 unspecified atom stereocenters. The lowest BCUT2D eigenvalue weighted by molar-refractivity contribution is -0.158. The predicted octanol–water partition coefficient (Wildman–Crippen LogP) is 9.67. The van der Waals surface area contributed by atoms with Crippen LogP contribution >= 0.6 is 69.6 Å². The van der Waals surface area contributed by atoms with Gasteiger partial charge in [0, 0.05) is 40.1 Å². The monoisotopic (exact) mass is 799 g/mol. The van der Waals surface area contributed by atoms with Gasteiger partial charge in [0.15, 0.2) is 11.5 Å². The first-order valence-electron chi connectivity index (χ1n) is 15.2. The summed E-state index contributed by atoms with van der Waals surface area (Å²) in [5.41, 5.74) is 3.69. The van der Waals surface area contributed by atoms with Crippen LogP contribution in [0.3, 0.4) is 0 Å². The number of benzene rings is 4. The number of anilines is 2. The van der Waals surface area contributed by atoms with Gasteiger partial charge in [-0.25, -0.2) is 4.79 Å². The maximum absolute atomic E-state index is 12.7. The van der Waals surface area contributed by atoms with Gasteiger partial charge in [-0.2, -0.15) is 0 Å². The van der Waals surface area contributed by atoms with Crippen LogP contribution in [0.15, 0.2) is 60.7 Å². The maximum atomic E-state index is 12.7. The van der Waals surface area contributed by atoms with Gasteiger partial charge in [0.25, 0.3) is 5.91 Å². The number of amides is 1. The average Bonchev–Trinajstić information content (AvgIpc) is 3.02. The number of esters is 2. The molecule has 0 aliphatic rings. The van der Waals surface area contributed by atoms with Crippen LogP contribution in [0.1, 0.15) is 40.9 Å². The van der Waals surface area contributed by atoms with Crippen LogP contribution in [-0.4, -0.2) is 37.5 Å². The van der Waals surface area contributed by atoms with Gasteiger partial charge in [0.2, 0.25) is 0 Å². The number of rotatable bonds is 15. The zero-order chi connectivity index (χ0) is 36.4. The van der Waals surface area contributed by atoms with E-state index in [0.717, 1.165) is 35.6 Å². The lowest BCUT2D eigenvalue weighted by Crippen LogP contribution is -2.32. The summed E-state index contributed by atoms with van der Waals surface area (Å²) in [6.45, 7) is 5.03. The van der Waals surface area contributed by atoms with Gasteiger partial charge < -0.3 is 30.2 Å². The third kappa shape index (κ3) is 11.5. The largest absolute Gasteiger partial charge is 0.486 e. The Bertz CT molecular complexity index is 1840. The van der Waals surface area contributed by atoms with E-state index in [1.165, 1.54) is 24.3 Å².